The molecule has 0 bridgehead atoms. The van der Waals surface area contributed by atoms with Crippen molar-refractivity contribution in [1.82, 2.24) is 4.57 Å². The highest BCUT2D eigenvalue weighted by molar-refractivity contribution is 5.92. The van der Waals surface area contributed by atoms with Gasteiger partial charge in [0.1, 0.15) is 5.75 Å². The summed E-state index contributed by atoms with van der Waals surface area (Å²) in [5.41, 5.74) is 3.03. The molecule has 0 aliphatic heterocycles. The number of aromatic nitrogens is 1. The first-order chi connectivity index (χ1) is 12.7. The number of hydrogen-bond donors (Lipinski definition) is 1. The first kappa shape index (κ1) is 17.8. The number of aryl methyl sites for hydroxylation is 1. The zero-order chi connectivity index (χ0) is 18.4. The maximum atomic E-state index is 12.8. The molecule has 1 atom stereocenters. The Bertz CT molecular complexity index is 856. The Hall–Kier alpha value is -3.01. The molecule has 4 nitrogen and oxygen atoms in total. The number of benzene rings is 2. The van der Waals surface area contributed by atoms with Crippen LogP contribution >= 0.6 is 0 Å². The minimum absolute atomic E-state index is 0.0425. The summed E-state index contributed by atoms with van der Waals surface area (Å²) >= 11 is 0. The lowest BCUT2D eigenvalue weighted by Gasteiger charge is -2.21. The van der Waals surface area contributed by atoms with Gasteiger partial charge in [-0.1, -0.05) is 36.4 Å². The van der Waals surface area contributed by atoms with Gasteiger partial charge in [-0.2, -0.15) is 0 Å². The van der Waals surface area contributed by atoms with E-state index in [-0.39, 0.29) is 11.9 Å². The fourth-order valence-electron chi connectivity index (χ4n) is 3.12. The molecule has 0 spiro atoms. The van der Waals surface area contributed by atoms with E-state index < -0.39 is 0 Å². The van der Waals surface area contributed by atoms with Gasteiger partial charge in [0.15, 0.2) is 0 Å². The van der Waals surface area contributed by atoms with E-state index in [2.05, 4.69) is 28.9 Å². The van der Waals surface area contributed by atoms with Crippen LogP contribution in [-0.2, 0) is 4.79 Å². The molecule has 0 aliphatic carbocycles. The Morgan fingerprint density at radius 2 is 1.73 bits per heavy atom. The van der Waals surface area contributed by atoms with Crippen LogP contribution in [0.25, 0.3) is 0 Å². The molecule has 134 valence electrons. The third kappa shape index (κ3) is 4.14. The molecule has 1 N–H and O–H groups in total. The van der Waals surface area contributed by atoms with Gasteiger partial charge in [-0.05, 0) is 49.2 Å². The first-order valence-electron chi connectivity index (χ1n) is 8.88. The van der Waals surface area contributed by atoms with Gasteiger partial charge in [0.25, 0.3) is 0 Å². The molecular weight excluding hydrogens is 324 g/mol. The number of para-hydroxylation sites is 2. The maximum absolute atomic E-state index is 12.8. The predicted octanol–water partition coefficient (Wildman–Crippen LogP) is 4.81. The van der Waals surface area contributed by atoms with E-state index in [1.54, 1.807) is 0 Å². The summed E-state index contributed by atoms with van der Waals surface area (Å²) in [6.07, 6.45) is 4.34. The third-order valence-electron chi connectivity index (χ3n) is 4.37. The predicted molar refractivity (Wildman–Crippen MR) is 105 cm³/mol. The minimum Gasteiger partial charge on any atom is -0.492 e. The van der Waals surface area contributed by atoms with Crippen molar-refractivity contribution in [2.24, 2.45) is 0 Å². The van der Waals surface area contributed by atoms with E-state index in [0.29, 0.717) is 24.5 Å². The lowest BCUT2D eigenvalue weighted by molar-refractivity contribution is -0.116. The van der Waals surface area contributed by atoms with Crippen molar-refractivity contribution in [2.75, 3.05) is 11.9 Å². The first-order valence-corrected chi connectivity index (χ1v) is 8.88. The van der Waals surface area contributed by atoms with Crippen LogP contribution in [0.2, 0.25) is 0 Å². The van der Waals surface area contributed by atoms with Crippen molar-refractivity contribution in [3.63, 3.8) is 0 Å². The summed E-state index contributed by atoms with van der Waals surface area (Å²) < 4.78 is 7.68. The molecule has 0 radical (unpaired) electrons. The standard InChI is InChI=1S/C22H24N2O2/c1-3-26-21-13-7-6-12-19(21)23-22(25)16-20(24-14-8-9-15-24)18-11-5-4-10-17(18)2/h4-15,20H,3,16H2,1-2H3,(H,23,25). The Morgan fingerprint density at radius 3 is 2.46 bits per heavy atom. The zero-order valence-corrected chi connectivity index (χ0v) is 15.2. The fraction of sp³-hybridized carbons (Fsp3) is 0.227. The molecule has 0 saturated heterocycles. The lowest BCUT2D eigenvalue weighted by Crippen LogP contribution is -2.20. The number of carbonyl (C=O) groups is 1. The van der Waals surface area contributed by atoms with Gasteiger partial charge in [0.05, 0.1) is 24.8 Å². The van der Waals surface area contributed by atoms with Gasteiger partial charge in [0, 0.05) is 12.4 Å². The highest BCUT2D eigenvalue weighted by atomic mass is 16.5. The molecule has 0 fully saturated rings. The Labute approximate surface area is 154 Å². The van der Waals surface area contributed by atoms with Crippen LogP contribution in [0.3, 0.4) is 0 Å². The molecule has 4 heteroatoms. The summed E-state index contributed by atoms with van der Waals surface area (Å²) in [6.45, 7) is 4.56. The van der Waals surface area contributed by atoms with Gasteiger partial charge in [-0.3, -0.25) is 4.79 Å². The van der Waals surface area contributed by atoms with Gasteiger partial charge in [-0.25, -0.2) is 0 Å². The number of hydrogen-bond acceptors (Lipinski definition) is 2. The van der Waals surface area contributed by atoms with Gasteiger partial charge >= 0.3 is 0 Å². The van der Waals surface area contributed by atoms with Crippen LogP contribution in [0.4, 0.5) is 5.69 Å². The molecule has 3 rings (SSSR count). The summed E-state index contributed by atoms with van der Waals surface area (Å²) in [5, 5.41) is 3.00. The van der Waals surface area contributed by atoms with Crippen LogP contribution < -0.4 is 10.1 Å². The number of rotatable bonds is 7. The van der Waals surface area contributed by atoms with Crippen molar-refractivity contribution >= 4 is 11.6 Å². The van der Waals surface area contributed by atoms with E-state index in [0.717, 1.165) is 5.56 Å². The van der Waals surface area contributed by atoms with E-state index >= 15 is 0 Å². The van der Waals surface area contributed by atoms with Crippen LogP contribution in [0.1, 0.15) is 30.5 Å². The zero-order valence-electron chi connectivity index (χ0n) is 15.2. The van der Waals surface area contributed by atoms with Gasteiger partial charge < -0.3 is 14.6 Å². The molecule has 0 saturated carbocycles. The molecule has 1 aromatic heterocycles. The largest absolute Gasteiger partial charge is 0.492 e. The smallest absolute Gasteiger partial charge is 0.226 e. The molecular formula is C22H24N2O2. The quantitative estimate of drug-likeness (QED) is 0.665. The van der Waals surface area contributed by atoms with Gasteiger partial charge in [0.2, 0.25) is 5.91 Å². The molecule has 1 amide bonds. The average Bonchev–Trinajstić information content (AvgIpc) is 3.17. The second kappa shape index (κ2) is 8.39. The average molecular weight is 348 g/mol. The van der Waals surface area contributed by atoms with E-state index in [4.69, 9.17) is 4.74 Å². The Kier molecular flexibility index (Phi) is 5.74. The van der Waals surface area contributed by atoms with Crippen LogP contribution in [-0.4, -0.2) is 17.1 Å². The van der Waals surface area contributed by atoms with Gasteiger partial charge in [-0.15, -0.1) is 0 Å². The number of nitrogens with one attached hydrogen (secondary N) is 1. The van der Waals surface area contributed by atoms with Crippen LogP contribution in [0.5, 0.6) is 5.75 Å². The molecule has 0 aliphatic rings. The number of nitrogens with zero attached hydrogens (tertiary/aromatic N) is 1. The highest BCUT2D eigenvalue weighted by Gasteiger charge is 2.19. The Balaban J connectivity index is 1.82. The number of anilines is 1. The normalized spacial score (nSPS) is 11.8. The van der Waals surface area contributed by atoms with Crippen molar-refractivity contribution in [3.05, 3.63) is 84.2 Å². The third-order valence-corrected chi connectivity index (χ3v) is 4.37. The second-order valence-electron chi connectivity index (χ2n) is 6.18. The molecule has 1 unspecified atom stereocenters. The summed E-state index contributed by atoms with van der Waals surface area (Å²) in [5.74, 6) is 0.649. The summed E-state index contributed by atoms with van der Waals surface area (Å²) in [7, 11) is 0. The summed E-state index contributed by atoms with van der Waals surface area (Å²) in [6, 6.07) is 19.6. The summed E-state index contributed by atoms with van der Waals surface area (Å²) in [4.78, 5) is 12.8. The fourth-order valence-corrected chi connectivity index (χ4v) is 3.12. The van der Waals surface area contributed by atoms with E-state index in [1.807, 2.05) is 67.8 Å². The van der Waals surface area contributed by atoms with E-state index in [1.165, 1.54) is 5.56 Å². The SMILES string of the molecule is CCOc1ccccc1NC(=O)CC(c1ccccc1C)n1cccc1. The highest BCUT2D eigenvalue weighted by Crippen LogP contribution is 2.28. The molecule has 2 aromatic carbocycles. The second-order valence-corrected chi connectivity index (χ2v) is 6.18. The maximum Gasteiger partial charge on any atom is 0.226 e. The monoisotopic (exact) mass is 348 g/mol. The molecule has 26 heavy (non-hydrogen) atoms. The minimum atomic E-state index is -0.0505. The van der Waals surface area contributed by atoms with Crippen LogP contribution in [0.15, 0.2) is 73.1 Å². The number of amides is 1. The van der Waals surface area contributed by atoms with Crippen molar-refractivity contribution in [2.45, 2.75) is 26.3 Å². The van der Waals surface area contributed by atoms with Crippen molar-refractivity contribution in [1.29, 1.82) is 0 Å². The van der Waals surface area contributed by atoms with Crippen molar-refractivity contribution in [3.8, 4) is 5.75 Å². The Morgan fingerprint density at radius 1 is 1.04 bits per heavy atom. The van der Waals surface area contributed by atoms with Crippen LogP contribution in [0, 0.1) is 6.92 Å². The lowest BCUT2D eigenvalue weighted by atomic mass is 9.98. The number of carbonyl (C=O) groups excluding carboxylic acids is 1. The number of ether oxygens (including phenoxy) is 1. The van der Waals surface area contributed by atoms with E-state index in [9.17, 15) is 4.79 Å². The molecule has 1 heterocycles. The molecule has 3 aromatic rings. The van der Waals surface area contributed by atoms with Crippen molar-refractivity contribution < 1.29 is 9.53 Å². The topological polar surface area (TPSA) is 43.3 Å².